The number of aromatic nitrogens is 2. The normalized spacial score (nSPS) is 17.1. The van der Waals surface area contributed by atoms with Gasteiger partial charge in [-0.2, -0.15) is 5.26 Å². The Bertz CT molecular complexity index is 1290. The van der Waals surface area contributed by atoms with Gasteiger partial charge in [0.1, 0.15) is 23.4 Å². The van der Waals surface area contributed by atoms with Crippen molar-refractivity contribution in [3.05, 3.63) is 41.2 Å². The van der Waals surface area contributed by atoms with Gasteiger partial charge < -0.3 is 29.5 Å². The van der Waals surface area contributed by atoms with Crippen molar-refractivity contribution in [1.29, 1.82) is 5.26 Å². The predicted octanol–water partition coefficient (Wildman–Crippen LogP) is 4.64. The molecule has 3 heterocycles. The van der Waals surface area contributed by atoms with Gasteiger partial charge in [0.15, 0.2) is 0 Å². The smallest absolute Gasteiger partial charge is 0.407 e. The number of likely N-dealkylation sites (tertiary alicyclic amines) is 1. The lowest BCUT2D eigenvalue weighted by molar-refractivity contribution is -0.109. The monoisotopic (exact) mass is 583 g/mol. The van der Waals surface area contributed by atoms with E-state index < -0.39 is 18.4 Å². The van der Waals surface area contributed by atoms with E-state index in [0.717, 1.165) is 5.56 Å². The summed E-state index contributed by atoms with van der Waals surface area (Å²) in [5.74, 6) is 0.626. The SMILES string of the molecule is COCCNc1cc(NC(=O)N(C)c2ccc(C3CCN(C(=O)O)C(C(C)(C)C)C3)c(C(OC)OC)n2)ncc1C#N. The number of hydrogen-bond donors (Lipinski definition) is 3. The Hall–Kier alpha value is -3.99. The number of carboxylic acid groups (broad SMARTS) is 1. The summed E-state index contributed by atoms with van der Waals surface area (Å²) in [4.78, 5) is 37.0. The first-order valence-electron chi connectivity index (χ1n) is 13.7. The Labute approximate surface area is 246 Å². The molecule has 1 aliphatic heterocycles. The first kappa shape index (κ1) is 32.5. The number of hydrogen-bond acceptors (Lipinski definition) is 9. The zero-order chi connectivity index (χ0) is 31.0. The number of nitriles is 1. The van der Waals surface area contributed by atoms with Gasteiger partial charge in [-0.25, -0.2) is 19.6 Å². The van der Waals surface area contributed by atoms with Crippen molar-refractivity contribution < 1.29 is 28.9 Å². The second kappa shape index (κ2) is 14.3. The highest BCUT2D eigenvalue weighted by Gasteiger charge is 2.40. The number of amides is 3. The second-order valence-corrected chi connectivity index (χ2v) is 11.2. The number of pyridine rings is 2. The number of carbonyl (C=O) groups excluding carboxylic acids is 1. The quantitative estimate of drug-likeness (QED) is 0.265. The van der Waals surface area contributed by atoms with Crippen LogP contribution in [0.3, 0.4) is 0 Å². The summed E-state index contributed by atoms with van der Waals surface area (Å²) in [7, 11) is 6.20. The molecule has 0 bridgehead atoms. The van der Waals surface area contributed by atoms with Gasteiger partial charge in [0.25, 0.3) is 0 Å². The molecule has 0 saturated carbocycles. The number of urea groups is 1. The van der Waals surface area contributed by atoms with Crippen LogP contribution in [-0.4, -0.2) is 86.2 Å². The maximum Gasteiger partial charge on any atom is 0.407 e. The topological polar surface area (TPSA) is 162 Å². The molecule has 0 spiro atoms. The number of rotatable bonds is 10. The van der Waals surface area contributed by atoms with Gasteiger partial charge >= 0.3 is 12.1 Å². The molecule has 2 aromatic rings. The molecule has 3 N–H and O–H groups in total. The van der Waals surface area contributed by atoms with Crippen LogP contribution in [0.1, 0.15) is 62.6 Å². The molecule has 1 fully saturated rings. The fourth-order valence-corrected chi connectivity index (χ4v) is 5.16. The molecule has 3 rings (SSSR count). The Morgan fingerprint density at radius 3 is 2.57 bits per heavy atom. The van der Waals surface area contributed by atoms with E-state index in [0.29, 0.717) is 55.3 Å². The van der Waals surface area contributed by atoms with Gasteiger partial charge in [-0.1, -0.05) is 26.8 Å². The molecule has 2 atom stereocenters. The zero-order valence-electron chi connectivity index (χ0n) is 25.3. The molecule has 13 nitrogen and oxygen atoms in total. The van der Waals surface area contributed by atoms with Crippen LogP contribution in [0.2, 0.25) is 0 Å². The molecule has 2 unspecified atom stereocenters. The second-order valence-electron chi connectivity index (χ2n) is 11.2. The molecule has 42 heavy (non-hydrogen) atoms. The summed E-state index contributed by atoms with van der Waals surface area (Å²) in [5.41, 5.74) is 2.02. The standard InChI is InChI=1S/C29H41N7O6/c1-29(2,3)22-14-18(10-12-36(22)28(38)39)20-8-9-24(34-25(20)26(41-6)42-7)35(4)27(37)33-23-15-21(31-11-13-40-5)19(16-30)17-32-23/h8-9,15,17-18,22,26H,10-14H2,1-7H3,(H,38,39)(H2,31,32,33,37). The number of piperidine rings is 1. The van der Waals surface area contributed by atoms with Crippen LogP contribution in [0.5, 0.6) is 0 Å². The van der Waals surface area contributed by atoms with Gasteiger partial charge in [0.05, 0.1) is 17.9 Å². The molecule has 3 amide bonds. The molecular formula is C29H41N7O6. The van der Waals surface area contributed by atoms with Gasteiger partial charge in [-0.15, -0.1) is 0 Å². The molecule has 0 aromatic carbocycles. The highest BCUT2D eigenvalue weighted by molar-refractivity contribution is 6.00. The van der Waals surface area contributed by atoms with Crippen molar-refractivity contribution in [3.63, 3.8) is 0 Å². The third-order valence-corrected chi connectivity index (χ3v) is 7.41. The summed E-state index contributed by atoms with van der Waals surface area (Å²) >= 11 is 0. The van der Waals surface area contributed by atoms with Crippen LogP contribution in [-0.2, 0) is 14.2 Å². The number of ether oxygens (including phenoxy) is 3. The van der Waals surface area contributed by atoms with Crippen LogP contribution in [0.25, 0.3) is 0 Å². The largest absolute Gasteiger partial charge is 0.465 e. The van der Waals surface area contributed by atoms with E-state index in [1.54, 1.807) is 26.3 Å². The molecule has 13 heteroatoms. The van der Waals surface area contributed by atoms with Gasteiger partial charge in [0.2, 0.25) is 6.29 Å². The first-order chi connectivity index (χ1) is 19.9. The number of methoxy groups -OCH3 is 3. The van der Waals surface area contributed by atoms with Crippen LogP contribution in [0.4, 0.5) is 26.9 Å². The Morgan fingerprint density at radius 2 is 1.98 bits per heavy atom. The van der Waals surface area contributed by atoms with E-state index in [1.807, 2.05) is 26.8 Å². The fraction of sp³-hybridized carbons (Fsp3) is 0.552. The fourth-order valence-electron chi connectivity index (χ4n) is 5.16. The van der Waals surface area contributed by atoms with Crippen LogP contribution in [0.15, 0.2) is 24.4 Å². The van der Waals surface area contributed by atoms with E-state index in [-0.39, 0.29) is 23.2 Å². The minimum absolute atomic E-state index is 0.0141. The van der Waals surface area contributed by atoms with Gasteiger partial charge in [0, 0.05) is 59.8 Å². The molecule has 2 aromatic heterocycles. The lowest BCUT2D eigenvalue weighted by atomic mass is 9.75. The van der Waals surface area contributed by atoms with Crippen molar-refractivity contribution in [2.45, 2.75) is 51.9 Å². The van der Waals surface area contributed by atoms with Crippen LogP contribution in [0, 0.1) is 16.7 Å². The summed E-state index contributed by atoms with van der Waals surface area (Å²) in [5, 5.41) is 25.0. The number of carbonyl (C=O) groups is 2. The first-order valence-corrected chi connectivity index (χ1v) is 13.7. The number of nitrogens with zero attached hydrogens (tertiary/aromatic N) is 5. The van der Waals surface area contributed by atoms with E-state index >= 15 is 0 Å². The number of nitrogens with one attached hydrogen (secondary N) is 2. The maximum absolute atomic E-state index is 13.2. The van der Waals surface area contributed by atoms with Gasteiger partial charge in [-0.3, -0.25) is 10.2 Å². The highest BCUT2D eigenvalue weighted by Crippen LogP contribution is 2.41. The van der Waals surface area contributed by atoms with E-state index in [9.17, 15) is 20.0 Å². The summed E-state index contributed by atoms with van der Waals surface area (Å²) in [6, 6.07) is 6.64. The Kier molecular flexibility index (Phi) is 11.0. The number of anilines is 3. The average Bonchev–Trinajstić information content (AvgIpc) is 2.97. The van der Waals surface area contributed by atoms with Crippen molar-refractivity contribution in [1.82, 2.24) is 14.9 Å². The minimum Gasteiger partial charge on any atom is -0.465 e. The Balaban J connectivity index is 1.88. The van der Waals surface area contributed by atoms with Crippen molar-refractivity contribution in [2.24, 2.45) is 5.41 Å². The zero-order valence-corrected chi connectivity index (χ0v) is 25.3. The predicted molar refractivity (Wildman–Crippen MR) is 158 cm³/mol. The van der Waals surface area contributed by atoms with Crippen molar-refractivity contribution in [3.8, 4) is 6.07 Å². The molecule has 0 aliphatic carbocycles. The molecule has 0 radical (unpaired) electrons. The average molecular weight is 584 g/mol. The molecule has 228 valence electrons. The lowest BCUT2D eigenvalue weighted by Gasteiger charge is -2.45. The van der Waals surface area contributed by atoms with E-state index in [1.165, 1.54) is 30.2 Å². The molecule has 1 aliphatic rings. The molecular weight excluding hydrogens is 542 g/mol. The lowest BCUT2D eigenvalue weighted by Crippen LogP contribution is -2.51. The summed E-state index contributed by atoms with van der Waals surface area (Å²) < 4.78 is 16.2. The third-order valence-electron chi connectivity index (χ3n) is 7.41. The summed E-state index contributed by atoms with van der Waals surface area (Å²) in [6.45, 7) is 7.45. The van der Waals surface area contributed by atoms with Crippen LogP contribution >= 0.6 is 0 Å². The van der Waals surface area contributed by atoms with Crippen molar-refractivity contribution in [2.75, 3.05) is 63.6 Å². The third kappa shape index (κ3) is 7.64. The van der Waals surface area contributed by atoms with E-state index in [4.69, 9.17) is 19.2 Å². The van der Waals surface area contributed by atoms with Gasteiger partial charge in [-0.05, 0) is 35.8 Å². The minimum atomic E-state index is -0.920. The maximum atomic E-state index is 13.2. The summed E-state index contributed by atoms with van der Waals surface area (Å²) in [6.07, 6.45) is 0.914. The van der Waals surface area contributed by atoms with Crippen LogP contribution < -0.4 is 15.5 Å². The van der Waals surface area contributed by atoms with E-state index in [2.05, 4.69) is 21.7 Å². The molecule has 1 saturated heterocycles. The highest BCUT2D eigenvalue weighted by atomic mass is 16.7. The Morgan fingerprint density at radius 1 is 1.26 bits per heavy atom. The van der Waals surface area contributed by atoms with Crippen molar-refractivity contribution >= 4 is 29.4 Å².